The molecule has 4 aromatic rings. The van der Waals surface area contributed by atoms with Gasteiger partial charge in [0.15, 0.2) is 0 Å². The first-order valence-corrected chi connectivity index (χ1v) is 8.84. The van der Waals surface area contributed by atoms with Gasteiger partial charge in [0.05, 0.1) is 11.8 Å². The van der Waals surface area contributed by atoms with E-state index in [1.807, 2.05) is 79.0 Å². The number of hydrogen-bond donors (Lipinski definition) is 1. The van der Waals surface area contributed by atoms with Crippen molar-refractivity contribution < 1.29 is 0 Å². The van der Waals surface area contributed by atoms with Crippen LogP contribution in [0.2, 0.25) is 0 Å². The third-order valence-corrected chi connectivity index (χ3v) is 4.48. The maximum atomic E-state index is 9.76. The van der Waals surface area contributed by atoms with Gasteiger partial charge in [-0.3, -0.25) is 4.99 Å². The van der Waals surface area contributed by atoms with Crippen LogP contribution in [0.1, 0.15) is 16.7 Å². The zero-order chi connectivity index (χ0) is 18.5. The van der Waals surface area contributed by atoms with Gasteiger partial charge < -0.3 is 4.98 Å². The minimum atomic E-state index is -0.486. The summed E-state index contributed by atoms with van der Waals surface area (Å²) in [6, 6.07) is 25.8. The molecule has 1 N–H and O–H groups in total. The second-order valence-corrected chi connectivity index (χ2v) is 6.27. The van der Waals surface area contributed by atoms with E-state index in [1.54, 1.807) is 6.20 Å². The predicted molar refractivity (Wildman–Crippen MR) is 108 cm³/mol. The molecule has 0 spiro atoms. The molecule has 130 valence electrons. The van der Waals surface area contributed by atoms with E-state index < -0.39 is 6.04 Å². The van der Waals surface area contributed by atoms with Gasteiger partial charge in [-0.05, 0) is 17.7 Å². The van der Waals surface area contributed by atoms with Crippen LogP contribution in [0.15, 0.2) is 90.2 Å². The molecule has 0 fully saturated rings. The minimum absolute atomic E-state index is 0.486. The lowest BCUT2D eigenvalue weighted by Crippen LogP contribution is -2.12. The molecular formula is C23H18N4. The molecule has 0 bridgehead atoms. The Morgan fingerprint density at radius 2 is 1.63 bits per heavy atom. The van der Waals surface area contributed by atoms with Crippen LogP contribution in [0.3, 0.4) is 0 Å². The van der Waals surface area contributed by atoms with Gasteiger partial charge in [0.1, 0.15) is 11.7 Å². The summed E-state index contributed by atoms with van der Waals surface area (Å²) in [7, 11) is 0. The summed E-state index contributed by atoms with van der Waals surface area (Å²) in [4.78, 5) is 12.3. The van der Waals surface area contributed by atoms with Crippen molar-refractivity contribution >= 4 is 16.7 Å². The number of nitriles is 1. The van der Waals surface area contributed by atoms with Crippen LogP contribution in [0.4, 0.5) is 0 Å². The van der Waals surface area contributed by atoms with Crippen LogP contribution in [0, 0.1) is 11.3 Å². The molecule has 0 radical (unpaired) electrons. The number of aromatic amines is 1. The Hall–Kier alpha value is -3.71. The molecule has 0 aliphatic heterocycles. The molecule has 4 nitrogen and oxygen atoms in total. The first-order valence-electron chi connectivity index (χ1n) is 8.84. The summed E-state index contributed by atoms with van der Waals surface area (Å²) >= 11 is 0. The van der Waals surface area contributed by atoms with E-state index in [4.69, 9.17) is 4.99 Å². The molecule has 2 heterocycles. The van der Waals surface area contributed by atoms with Crippen LogP contribution < -0.4 is 0 Å². The minimum Gasteiger partial charge on any atom is -0.346 e. The van der Waals surface area contributed by atoms with Crippen molar-refractivity contribution in [2.24, 2.45) is 4.99 Å². The molecule has 0 saturated carbocycles. The van der Waals surface area contributed by atoms with E-state index in [-0.39, 0.29) is 0 Å². The maximum absolute atomic E-state index is 9.76. The van der Waals surface area contributed by atoms with E-state index in [0.717, 1.165) is 33.4 Å². The Balaban J connectivity index is 1.73. The molecule has 0 saturated heterocycles. The molecule has 1 atom stereocenters. The van der Waals surface area contributed by atoms with Crippen molar-refractivity contribution in [1.82, 2.24) is 9.97 Å². The third-order valence-electron chi connectivity index (χ3n) is 4.48. The molecule has 0 aliphatic rings. The number of fused-ring (bicyclic) bond motifs is 1. The summed E-state index contributed by atoms with van der Waals surface area (Å²) < 4.78 is 0. The SMILES string of the molecule is N#CC(Cc1c[nH]c2ncccc12)N=C(c1ccccc1)c1ccccc1. The quantitative estimate of drug-likeness (QED) is 0.537. The molecule has 2 aromatic carbocycles. The van der Waals surface area contributed by atoms with Gasteiger partial charge in [-0.15, -0.1) is 0 Å². The molecule has 2 aromatic heterocycles. The van der Waals surface area contributed by atoms with Gasteiger partial charge in [-0.1, -0.05) is 60.7 Å². The van der Waals surface area contributed by atoms with Crippen LogP contribution in [0.25, 0.3) is 11.0 Å². The summed E-state index contributed by atoms with van der Waals surface area (Å²) in [5.41, 5.74) is 4.73. The van der Waals surface area contributed by atoms with Crippen LogP contribution in [-0.2, 0) is 6.42 Å². The Morgan fingerprint density at radius 1 is 0.963 bits per heavy atom. The number of rotatable bonds is 5. The predicted octanol–water partition coefficient (Wildman–Crippen LogP) is 4.54. The highest BCUT2D eigenvalue weighted by Gasteiger charge is 2.14. The number of aliphatic imine (C=N–C) groups is 1. The fraction of sp³-hybridized carbons (Fsp3) is 0.0870. The second-order valence-electron chi connectivity index (χ2n) is 6.27. The molecule has 0 aliphatic carbocycles. The highest BCUT2D eigenvalue weighted by molar-refractivity contribution is 6.13. The maximum Gasteiger partial charge on any atom is 0.141 e. The van der Waals surface area contributed by atoms with E-state index in [0.29, 0.717) is 6.42 Å². The summed E-state index contributed by atoms with van der Waals surface area (Å²) in [6.07, 6.45) is 4.21. The van der Waals surface area contributed by atoms with E-state index >= 15 is 0 Å². The standard InChI is InChI=1S/C23H18N4/c24-15-20(14-19-16-26-23-21(19)12-7-13-25-23)27-22(17-8-3-1-4-9-17)18-10-5-2-6-11-18/h1-13,16,20H,14H2,(H,25,26). The highest BCUT2D eigenvalue weighted by atomic mass is 14.8. The van der Waals surface area contributed by atoms with E-state index in [1.165, 1.54) is 0 Å². The van der Waals surface area contributed by atoms with Gasteiger partial charge in [-0.2, -0.15) is 5.26 Å². The third kappa shape index (κ3) is 3.63. The van der Waals surface area contributed by atoms with Gasteiger partial charge in [0.2, 0.25) is 0 Å². The lowest BCUT2D eigenvalue weighted by molar-refractivity contribution is 0.829. The summed E-state index contributed by atoms with van der Waals surface area (Å²) in [5, 5.41) is 10.8. The van der Waals surface area contributed by atoms with Gasteiger partial charge >= 0.3 is 0 Å². The van der Waals surface area contributed by atoms with Crippen molar-refractivity contribution in [3.8, 4) is 6.07 Å². The van der Waals surface area contributed by atoms with Gasteiger partial charge in [-0.25, -0.2) is 4.98 Å². The normalized spacial score (nSPS) is 11.7. The molecule has 4 rings (SSSR count). The van der Waals surface area contributed by atoms with Crippen LogP contribution >= 0.6 is 0 Å². The molecule has 0 amide bonds. The lowest BCUT2D eigenvalue weighted by Gasteiger charge is -2.11. The fourth-order valence-electron chi connectivity index (χ4n) is 3.17. The second kappa shape index (κ2) is 7.67. The average molecular weight is 350 g/mol. The molecule has 4 heteroatoms. The van der Waals surface area contributed by atoms with Crippen molar-refractivity contribution in [3.63, 3.8) is 0 Å². The lowest BCUT2D eigenvalue weighted by atomic mass is 10.0. The van der Waals surface area contributed by atoms with Crippen molar-refractivity contribution in [2.45, 2.75) is 12.5 Å². The largest absolute Gasteiger partial charge is 0.346 e. The Kier molecular flexibility index (Phi) is 4.76. The molecular weight excluding hydrogens is 332 g/mol. The van der Waals surface area contributed by atoms with E-state index in [9.17, 15) is 5.26 Å². The first kappa shape index (κ1) is 16.7. The first-order chi connectivity index (χ1) is 13.3. The zero-order valence-electron chi connectivity index (χ0n) is 14.7. The van der Waals surface area contributed by atoms with Crippen molar-refractivity contribution in [3.05, 3.63) is 102 Å². The fourth-order valence-corrected chi connectivity index (χ4v) is 3.17. The monoisotopic (exact) mass is 350 g/mol. The van der Waals surface area contributed by atoms with E-state index in [2.05, 4.69) is 16.0 Å². The summed E-state index contributed by atoms with van der Waals surface area (Å²) in [5.74, 6) is 0. The zero-order valence-corrected chi connectivity index (χ0v) is 14.7. The highest BCUT2D eigenvalue weighted by Crippen LogP contribution is 2.19. The number of pyridine rings is 1. The van der Waals surface area contributed by atoms with Crippen LogP contribution in [0.5, 0.6) is 0 Å². The summed E-state index contributed by atoms with van der Waals surface area (Å²) in [6.45, 7) is 0. The number of aromatic nitrogens is 2. The average Bonchev–Trinajstić information content (AvgIpc) is 3.15. The Bertz CT molecular complexity index is 1060. The number of nitrogens with zero attached hydrogens (tertiary/aromatic N) is 3. The Labute approximate surface area is 157 Å². The van der Waals surface area contributed by atoms with Crippen molar-refractivity contribution in [1.29, 1.82) is 5.26 Å². The van der Waals surface area contributed by atoms with Crippen LogP contribution in [-0.4, -0.2) is 21.7 Å². The number of benzene rings is 2. The van der Waals surface area contributed by atoms with Gasteiger partial charge in [0, 0.05) is 35.3 Å². The Morgan fingerprint density at radius 3 is 2.26 bits per heavy atom. The number of H-pyrrole nitrogens is 1. The van der Waals surface area contributed by atoms with Crippen molar-refractivity contribution in [2.75, 3.05) is 0 Å². The smallest absolute Gasteiger partial charge is 0.141 e. The number of hydrogen-bond acceptors (Lipinski definition) is 3. The topological polar surface area (TPSA) is 64.8 Å². The molecule has 27 heavy (non-hydrogen) atoms. The number of nitrogens with one attached hydrogen (secondary N) is 1. The van der Waals surface area contributed by atoms with Gasteiger partial charge in [0.25, 0.3) is 0 Å². The molecule has 1 unspecified atom stereocenters.